The molecule has 0 spiro atoms. The van der Waals surface area contributed by atoms with E-state index in [1.165, 1.54) is 4.90 Å². The molecule has 100 valence electrons. The number of carboxylic acids is 1. The standard InChI is InChI=1S/C11H22N2O3S/c1-4-13(8-10(14)15)11(16)12-9(3)6-7-17-5-2/h9H,4-8H2,1-3H3,(H,12,16)(H,14,15). The Morgan fingerprint density at radius 1 is 1.41 bits per heavy atom. The van der Waals surface area contributed by atoms with Gasteiger partial charge in [0.05, 0.1) is 0 Å². The zero-order chi connectivity index (χ0) is 13.3. The van der Waals surface area contributed by atoms with Crippen LogP contribution in [-0.4, -0.2) is 52.6 Å². The van der Waals surface area contributed by atoms with E-state index in [4.69, 9.17) is 5.11 Å². The summed E-state index contributed by atoms with van der Waals surface area (Å²) in [7, 11) is 0. The summed E-state index contributed by atoms with van der Waals surface area (Å²) < 4.78 is 0. The number of nitrogens with zero attached hydrogens (tertiary/aromatic N) is 1. The van der Waals surface area contributed by atoms with Gasteiger partial charge >= 0.3 is 12.0 Å². The first kappa shape index (κ1) is 16.1. The van der Waals surface area contributed by atoms with Crippen molar-refractivity contribution in [1.29, 1.82) is 0 Å². The minimum Gasteiger partial charge on any atom is -0.480 e. The summed E-state index contributed by atoms with van der Waals surface area (Å²) >= 11 is 1.83. The molecular weight excluding hydrogens is 240 g/mol. The van der Waals surface area contributed by atoms with Crippen molar-refractivity contribution >= 4 is 23.8 Å². The number of rotatable bonds is 8. The number of thioether (sulfide) groups is 1. The number of aliphatic carboxylic acids is 1. The molecule has 0 aromatic heterocycles. The van der Waals surface area contributed by atoms with Crippen molar-refractivity contribution in [3.63, 3.8) is 0 Å². The van der Waals surface area contributed by atoms with E-state index in [-0.39, 0.29) is 18.6 Å². The van der Waals surface area contributed by atoms with E-state index in [2.05, 4.69) is 12.2 Å². The molecule has 0 fully saturated rings. The second kappa shape index (κ2) is 9.15. The maximum atomic E-state index is 11.7. The van der Waals surface area contributed by atoms with Gasteiger partial charge in [-0.2, -0.15) is 11.8 Å². The van der Waals surface area contributed by atoms with Crippen molar-refractivity contribution in [2.75, 3.05) is 24.6 Å². The number of hydrogen-bond acceptors (Lipinski definition) is 3. The van der Waals surface area contributed by atoms with Crippen LogP contribution in [0.3, 0.4) is 0 Å². The van der Waals surface area contributed by atoms with Crippen molar-refractivity contribution in [2.24, 2.45) is 0 Å². The summed E-state index contributed by atoms with van der Waals surface area (Å²) in [6.45, 7) is 5.94. The van der Waals surface area contributed by atoms with Gasteiger partial charge in [0, 0.05) is 12.6 Å². The van der Waals surface area contributed by atoms with Crippen LogP contribution >= 0.6 is 11.8 Å². The highest BCUT2D eigenvalue weighted by atomic mass is 32.2. The summed E-state index contributed by atoms with van der Waals surface area (Å²) in [4.78, 5) is 23.5. The van der Waals surface area contributed by atoms with Crippen LogP contribution in [0.1, 0.15) is 27.2 Å². The van der Waals surface area contributed by atoms with Gasteiger partial charge in [0.1, 0.15) is 6.54 Å². The van der Waals surface area contributed by atoms with E-state index in [1.807, 2.05) is 18.7 Å². The molecule has 2 N–H and O–H groups in total. The largest absolute Gasteiger partial charge is 0.480 e. The lowest BCUT2D eigenvalue weighted by molar-refractivity contribution is -0.137. The number of hydrogen-bond donors (Lipinski definition) is 2. The molecule has 0 saturated heterocycles. The molecule has 0 saturated carbocycles. The Morgan fingerprint density at radius 3 is 2.53 bits per heavy atom. The topological polar surface area (TPSA) is 69.6 Å². The molecule has 0 rings (SSSR count). The maximum Gasteiger partial charge on any atom is 0.323 e. The lowest BCUT2D eigenvalue weighted by atomic mass is 10.3. The Labute approximate surface area is 107 Å². The third-order valence-electron chi connectivity index (χ3n) is 2.26. The van der Waals surface area contributed by atoms with Crippen LogP contribution in [0.4, 0.5) is 4.79 Å². The first-order chi connectivity index (χ1) is 8.01. The van der Waals surface area contributed by atoms with Crippen molar-refractivity contribution in [3.8, 4) is 0 Å². The fourth-order valence-electron chi connectivity index (χ4n) is 1.27. The Bertz CT molecular complexity index is 249. The van der Waals surface area contributed by atoms with Crippen molar-refractivity contribution in [3.05, 3.63) is 0 Å². The Balaban J connectivity index is 3.99. The fourth-order valence-corrected chi connectivity index (χ4v) is 2.08. The summed E-state index contributed by atoms with van der Waals surface area (Å²) in [5.41, 5.74) is 0. The van der Waals surface area contributed by atoms with E-state index in [0.29, 0.717) is 6.54 Å². The summed E-state index contributed by atoms with van der Waals surface area (Å²) in [5, 5.41) is 11.5. The van der Waals surface area contributed by atoms with Crippen LogP contribution in [-0.2, 0) is 4.79 Å². The molecule has 6 heteroatoms. The predicted octanol–water partition coefficient (Wildman–Crippen LogP) is 1.63. The SMILES string of the molecule is CCSCCC(C)NC(=O)N(CC)CC(=O)O. The number of carbonyl (C=O) groups excluding carboxylic acids is 1. The van der Waals surface area contributed by atoms with E-state index < -0.39 is 5.97 Å². The number of nitrogens with one attached hydrogen (secondary N) is 1. The number of carbonyl (C=O) groups is 2. The van der Waals surface area contributed by atoms with Gasteiger partial charge in [-0.3, -0.25) is 4.79 Å². The molecule has 2 amide bonds. The van der Waals surface area contributed by atoms with Crippen molar-refractivity contribution in [2.45, 2.75) is 33.2 Å². The fraction of sp³-hybridized carbons (Fsp3) is 0.818. The maximum absolute atomic E-state index is 11.7. The molecule has 1 atom stereocenters. The highest BCUT2D eigenvalue weighted by Crippen LogP contribution is 2.04. The number of urea groups is 1. The lowest BCUT2D eigenvalue weighted by Crippen LogP contribution is -2.45. The predicted molar refractivity (Wildman–Crippen MR) is 70.5 cm³/mol. The van der Waals surface area contributed by atoms with Crippen LogP contribution in [0.15, 0.2) is 0 Å². The third-order valence-corrected chi connectivity index (χ3v) is 3.20. The Kier molecular flexibility index (Phi) is 8.66. The normalized spacial score (nSPS) is 11.9. The average Bonchev–Trinajstić information content (AvgIpc) is 2.25. The molecule has 5 nitrogen and oxygen atoms in total. The Hall–Kier alpha value is -0.910. The van der Waals surface area contributed by atoms with Crippen LogP contribution in [0, 0.1) is 0 Å². The summed E-state index contributed by atoms with van der Waals surface area (Å²) in [5.74, 6) is 1.08. The van der Waals surface area contributed by atoms with Gasteiger partial charge in [0.2, 0.25) is 0 Å². The van der Waals surface area contributed by atoms with Crippen LogP contribution in [0.5, 0.6) is 0 Å². The van der Waals surface area contributed by atoms with Gasteiger partial charge < -0.3 is 15.3 Å². The van der Waals surface area contributed by atoms with Gasteiger partial charge in [-0.1, -0.05) is 6.92 Å². The second-order valence-electron chi connectivity index (χ2n) is 3.74. The van der Waals surface area contributed by atoms with Gasteiger partial charge in [0.15, 0.2) is 0 Å². The second-order valence-corrected chi connectivity index (χ2v) is 5.14. The first-order valence-corrected chi connectivity index (χ1v) is 7.01. The highest BCUT2D eigenvalue weighted by molar-refractivity contribution is 7.99. The van der Waals surface area contributed by atoms with Crippen molar-refractivity contribution in [1.82, 2.24) is 10.2 Å². The summed E-state index contributed by atoms with van der Waals surface area (Å²) in [6, 6.07) is -0.228. The molecule has 0 aromatic carbocycles. The minimum atomic E-state index is -0.990. The highest BCUT2D eigenvalue weighted by Gasteiger charge is 2.16. The monoisotopic (exact) mass is 262 g/mol. The van der Waals surface area contributed by atoms with E-state index in [1.54, 1.807) is 6.92 Å². The summed E-state index contributed by atoms with van der Waals surface area (Å²) in [6.07, 6.45) is 0.898. The molecule has 17 heavy (non-hydrogen) atoms. The number of amides is 2. The quantitative estimate of drug-likeness (QED) is 0.652. The zero-order valence-corrected chi connectivity index (χ0v) is 11.5. The van der Waals surface area contributed by atoms with E-state index in [0.717, 1.165) is 17.9 Å². The molecule has 0 aliphatic rings. The van der Waals surface area contributed by atoms with E-state index >= 15 is 0 Å². The van der Waals surface area contributed by atoms with Crippen molar-refractivity contribution < 1.29 is 14.7 Å². The molecular formula is C11H22N2O3S. The van der Waals surface area contributed by atoms with Crippen LogP contribution in [0.2, 0.25) is 0 Å². The Morgan fingerprint density at radius 2 is 2.06 bits per heavy atom. The third kappa shape index (κ3) is 7.90. The van der Waals surface area contributed by atoms with Gasteiger partial charge in [-0.15, -0.1) is 0 Å². The molecule has 0 bridgehead atoms. The lowest BCUT2D eigenvalue weighted by Gasteiger charge is -2.22. The number of likely N-dealkylation sites (N-methyl/N-ethyl adjacent to an activating group) is 1. The van der Waals surface area contributed by atoms with Gasteiger partial charge in [-0.05, 0) is 31.8 Å². The van der Waals surface area contributed by atoms with Crippen LogP contribution < -0.4 is 5.32 Å². The molecule has 0 aliphatic carbocycles. The number of carboxylic acid groups (broad SMARTS) is 1. The van der Waals surface area contributed by atoms with Gasteiger partial charge in [0.25, 0.3) is 0 Å². The molecule has 0 heterocycles. The minimum absolute atomic E-state index is 0.0735. The molecule has 0 radical (unpaired) electrons. The van der Waals surface area contributed by atoms with Crippen LogP contribution in [0.25, 0.3) is 0 Å². The molecule has 0 aromatic rings. The zero-order valence-electron chi connectivity index (χ0n) is 10.7. The first-order valence-electron chi connectivity index (χ1n) is 5.86. The smallest absolute Gasteiger partial charge is 0.323 e. The molecule has 1 unspecified atom stereocenters. The van der Waals surface area contributed by atoms with Gasteiger partial charge in [-0.25, -0.2) is 4.79 Å². The van der Waals surface area contributed by atoms with E-state index in [9.17, 15) is 9.59 Å². The molecule has 0 aliphatic heterocycles. The average molecular weight is 262 g/mol.